The van der Waals surface area contributed by atoms with E-state index in [1.54, 1.807) is 24.3 Å². The topological polar surface area (TPSA) is 57.6 Å². The van der Waals surface area contributed by atoms with Crippen LogP contribution in [0.2, 0.25) is 0 Å². The summed E-state index contributed by atoms with van der Waals surface area (Å²) in [5, 5.41) is 9.65. The average Bonchev–Trinajstić information content (AvgIpc) is 3.01. The van der Waals surface area contributed by atoms with Crippen molar-refractivity contribution in [2.75, 3.05) is 13.2 Å². The molecule has 2 atom stereocenters. The van der Waals surface area contributed by atoms with Crippen LogP contribution < -0.4 is 0 Å². The molecule has 122 valence electrons. The molecular weight excluding hydrogens is 310 g/mol. The number of hydrogen-bond acceptors (Lipinski definition) is 3. The highest BCUT2D eigenvalue weighted by atomic mass is 32.2. The Kier molecular flexibility index (Phi) is 4.53. The van der Waals surface area contributed by atoms with Crippen molar-refractivity contribution < 1.29 is 13.5 Å². The zero-order chi connectivity index (χ0) is 16.4. The Bertz CT molecular complexity index is 757. The Hall–Kier alpha value is -1.69. The van der Waals surface area contributed by atoms with Crippen LogP contribution >= 0.6 is 0 Å². The van der Waals surface area contributed by atoms with E-state index in [0.717, 1.165) is 11.1 Å². The van der Waals surface area contributed by atoms with Crippen LogP contribution in [-0.2, 0) is 10.0 Å². The van der Waals surface area contributed by atoms with E-state index in [0.29, 0.717) is 13.0 Å². The van der Waals surface area contributed by atoms with Crippen molar-refractivity contribution >= 4 is 10.0 Å². The van der Waals surface area contributed by atoms with Gasteiger partial charge in [0.2, 0.25) is 10.0 Å². The van der Waals surface area contributed by atoms with Crippen molar-refractivity contribution in [1.82, 2.24) is 4.31 Å². The number of sulfonamides is 1. The fourth-order valence-electron chi connectivity index (χ4n) is 3.16. The summed E-state index contributed by atoms with van der Waals surface area (Å²) in [4.78, 5) is 0.287. The molecule has 0 aliphatic carbocycles. The highest BCUT2D eigenvalue weighted by Crippen LogP contribution is 2.35. The van der Waals surface area contributed by atoms with E-state index in [4.69, 9.17) is 0 Å². The van der Waals surface area contributed by atoms with Gasteiger partial charge in [0, 0.05) is 12.6 Å². The first-order valence-electron chi connectivity index (χ1n) is 7.76. The molecule has 4 nitrogen and oxygen atoms in total. The Morgan fingerprint density at radius 3 is 2.35 bits per heavy atom. The minimum absolute atomic E-state index is 0.119. The summed E-state index contributed by atoms with van der Waals surface area (Å²) in [5.74, 6) is 0.119. The van der Waals surface area contributed by atoms with Crippen molar-refractivity contribution in [1.29, 1.82) is 0 Å². The first-order valence-corrected chi connectivity index (χ1v) is 9.20. The van der Waals surface area contributed by atoms with Crippen molar-refractivity contribution in [2.45, 2.75) is 30.2 Å². The molecule has 0 unspecified atom stereocenters. The minimum Gasteiger partial charge on any atom is -0.395 e. The van der Waals surface area contributed by atoms with Crippen LogP contribution in [-0.4, -0.2) is 37.0 Å². The van der Waals surface area contributed by atoms with Crippen LogP contribution in [0.1, 0.15) is 23.5 Å². The van der Waals surface area contributed by atoms with E-state index < -0.39 is 10.0 Å². The smallest absolute Gasteiger partial charge is 0.243 e. The van der Waals surface area contributed by atoms with Crippen molar-refractivity contribution in [3.63, 3.8) is 0 Å². The van der Waals surface area contributed by atoms with Crippen LogP contribution in [0.15, 0.2) is 59.5 Å². The van der Waals surface area contributed by atoms with Gasteiger partial charge in [-0.3, -0.25) is 0 Å². The van der Waals surface area contributed by atoms with E-state index >= 15 is 0 Å². The molecule has 0 radical (unpaired) electrons. The summed E-state index contributed by atoms with van der Waals surface area (Å²) in [6.07, 6.45) is 0.644. The predicted octanol–water partition coefficient (Wildman–Crippen LogP) is 2.53. The SMILES string of the molecule is Cc1ccc(S(=O)(=O)N2C[C@H](c3ccccc3)C[C@H]2CO)cc1. The molecule has 23 heavy (non-hydrogen) atoms. The molecule has 2 aromatic rings. The van der Waals surface area contributed by atoms with Gasteiger partial charge in [-0.05, 0) is 37.0 Å². The van der Waals surface area contributed by atoms with Gasteiger partial charge >= 0.3 is 0 Å². The third-order valence-corrected chi connectivity index (χ3v) is 6.41. The molecule has 5 heteroatoms. The molecule has 1 fully saturated rings. The van der Waals surface area contributed by atoms with Crippen molar-refractivity contribution in [3.8, 4) is 0 Å². The Morgan fingerprint density at radius 2 is 1.74 bits per heavy atom. The quantitative estimate of drug-likeness (QED) is 0.937. The maximum Gasteiger partial charge on any atom is 0.243 e. The molecular formula is C18H21NO3S. The first kappa shape index (κ1) is 16.2. The molecule has 1 aliphatic rings. The van der Waals surface area contributed by atoms with E-state index in [-0.39, 0.29) is 23.5 Å². The van der Waals surface area contributed by atoms with Gasteiger partial charge in [0.05, 0.1) is 11.5 Å². The largest absolute Gasteiger partial charge is 0.395 e. The van der Waals surface area contributed by atoms with Crippen LogP contribution in [0.3, 0.4) is 0 Å². The van der Waals surface area contributed by atoms with Crippen LogP contribution in [0.5, 0.6) is 0 Å². The predicted molar refractivity (Wildman–Crippen MR) is 89.7 cm³/mol. The zero-order valence-corrected chi connectivity index (χ0v) is 13.9. The number of aliphatic hydroxyl groups is 1. The van der Waals surface area contributed by atoms with Gasteiger partial charge in [0.25, 0.3) is 0 Å². The molecule has 1 saturated heterocycles. The van der Waals surface area contributed by atoms with E-state index in [2.05, 4.69) is 0 Å². The van der Waals surface area contributed by atoms with Gasteiger partial charge in [-0.1, -0.05) is 48.0 Å². The summed E-state index contributed by atoms with van der Waals surface area (Å²) in [7, 11) is -3.58. The van der Waals surface area contributed by atoms with E-state index in [9.17, 15) is 13.5 Å². The molecule has 1 aliphatic heterocycles. The van der Waals surface area contributed by atoms with Crippen LogP contribution in [0.25, 0.3) is 0 Å². The van der Waals surface area contributed by atoms with Crippen molar-refractivity contribution in [2.24, 2.45) is 0 Å². The Morgan fingerprint density at radius 1 is 1.09 bits per heavy atom. The number of aliphatic hydroxyl groups excluding tert-OH is 1. The van der Waals surface area contributed by atoms with Gasteiger partial charge in [-0.15, -0.1) is 0 Å². The van der Waals surface area contributed by atoms with E-state index in [1.807, 2.05) is 37.3 Å². The second-order valence-electron chi connectivity index (χ2n) is 6.07. The molecule has 0 bridgehead atoms. The molecule has 1 heterocycles. The number of aryl methyl sites for hydroxylation is 1. The fraction of sp³-hybridized carbons (Fsp3) is 0.333. The second kappa shape index (κ2) is 6.43. The maximum absolute atomic E-state index is 12.9. The molecule has 0 aromatic heterocycles. The lowest BCUT2D eigenvalue weighted by Crippen LogP contribution is -2.37. The van der Waals surface area contributed by atoms with Crippen molar-refractivity contribution in [3.05, 3.63) is 65.7 Å². The fourth-order valence-corrected chi connectivity index (χ4v) is 4.83. The maximum atomic E-state index is 12.9. The van der Waals surface area contributed by atoms with Gasteiger partial charge < -0.3 is 5.11 Å². The minimum atomic E-state index is -3.58. The zero-order valence-electron chi connectivity index (χ0n) is 13.1. The summed E-state index contributed by atoms with van der Waals surface area (Å²) < 4.78 is 27.3. The van der Waals surface area contributed by atoms with Crippen LogP contribution in [0, 0.1) is 6.92 Å². The summed E-state index contributed by atoms with van der Waals surface area (Å²) in [5.41, 5.74) is 2.14. The van der Waals surface area contributed by atoms with Gasteiger partial charge in [0.15, 0.2) is 0 Å². The van der Waals surface area contributed by atoms with Gasteiger partial charge in [-0.2, -0.15) is 4.31 Å². The third kappa shape index (κ3) is 3.17. The number of nitrogens with zero attached hydrogens (tertiary/aromatic N) is 1. The molecule has 0 amide bonds. The summed E-state index contributed by atoms with van der Waals surface area (Å²) >= 11 is 0. The molecule has 0 spiro atoms. The highest BCUT2D eigenvalue weighted by molar-refractivity contribution is 7.89. The van der Waals surface area contributed by atoms with Gasteiger partial charge in [0.1, 0.15) is 0 Å². The summed E-state index contributed by atoms with van der Waals surface area (Å²) in [6.45, 7) is 2.17. The molecule has 3 rings (SSSR count). The number of hydrogen-bond donors (Lipinski definition) is 1. The second-order valence-corrected chi connectivity index (χ2v) is 7.96. The Labute approximate surface area is 137 Å². The lowest BCUT2D eigenvalue weighted by Gasteiger charge is -2.22. The van der Waals surface area contributed by atoms with E-state index in [1.165, 1.54) is 4.31 Å². The monoisotopic (exact) mass is 331 g/mol. The molecule has 1 N–H and O–H groups in total. The third-order valence-electron chi connectivity index (χ3n) is 4.47. The highest BCUT2D eigenvalue weighted by Gasteiger charge is 2.40. The average molecular weight is 331 g/mol. The lowest BCUT2D eigenvalue weighted by molar-refractivity contribution is 0.213. The normalized spacial score (nSPS) is 22.3. The summed E-state index contributed by atoms with van der Waals surface area (Å²) in [6, 6.07) is 16.4. The first-order chi connectivity index (χ1) is 11.0. The standard InChI is InChI=1S/C18H21NO3S/c1-14-7-9-18(10-8-14)23(21,22)19-12-16(11-17(19)13-20)15-5-3-2-4-6-15/h2-10,16-17,20H,11-13H2,1H3/t16-,17+/m1/s1. The molecule has 2 aromatic carbocycles. The Balaban J connectivity index is 1.90. The molecule has 0 saturated carbocycles. The number of benzene rings is 2. The van der Waals surface area contributed by atoms with Crippen LogP contribution in [0.4, 0.5) is 0 Å². The van der Waals surface area contributed by atoms with Gasteiger partial charge in [-0.25, -0.2) is 8.42 Å². The lowest BCUT2D eigenvalue weighted by atomic mass is 9.97. The number of rotatable bonds is 4.